The quantitative estimate of drug-likeness (QED) is 0.773. The van der Waals surface area contributed by atoms with Crippen molar-refractivity contribution in [2.24, 2.45) is 0 Å². The summed E-state index contributed by atoms with van der Waals surface area (Å²) in [5.41, 5.74) is 0.990. The molecule has 0 saturated carbocycles. The first-order valence-corrected chi connectivity index (χ1v) is 6.35. The van der Waals surface area contributed by atoms with Crippen molar-refractivity contribution in [3.63, 3.8) is 0 Å². The van der Waals surface area contributed by atoms with Gasteiger partial charge in [0.2, 0.25) is 0 Å². The molecule has 0 amide bonds. The lowest BCUT2D eigenvalue weighted by molar-refractivity contribution is 1.05. The van der Waals surface area contributed by atoms with Crippen molar-refractivity contribution in [1.29, 1.82) is 0 Å². The maximum absolute atomic E-state index is 4.15. The molecule has 0 saturated heterocycles. The van der Waals surface area contributed by atoms with E-state index in [-0.39, 0.29) is 0 Å². The van der Waals surface area contributed by atoms with Crippen LogP contribution in [-0.2, 0) is 0 Å². The number of benzene rings is 2. The van der Waals surface area contributed by atoms with Crippen molar-refractivity contribution in [3.8, 4) is 0 Å². The van der Waals surface area contributed by atoms with Gasteiger partial charge in [0.25, 0.3) is 0 Å². The van der Waals surface area contributed by atoms with Gasteiger partial charge in [0, 0.05) is 20.9 Å². The van der Waals surface area contributed by atoms with Crippen molar-refractivity contribution in [2.75, 3.05) is 5.32 Å². The minimum atomic E-state index is 0.774. The van der Waals surface area contributed by atoms with Crippen molar-refractivity contribution in [1.82, 2.24) is 10.2 Å². The average Bonchev–Trinajstić information content (AvgIpc) is 2.42. The number of anilines is 2. The van der Waals surface area contributed by atoms with Gasteiger partial charge in [-0.15, -0.1) is 5.10 Å². The number of hydrogen-bond acceptors (Lipinski definition) is 3. The average molecular weight is 300 g/mol. The molecule has 18 heavy (non-hydrogen) atoms. The van der Waals surface area contributed by atoms with Gasteiger partial charge in [-0.3, -0.25) is 0 Å². The molecule has 1 aromatic heterocycles. The maximum Gasteiger partial charge on any atom is 0.160 e. The van der Waals surface area contributed by atoms with Crippen LogP contribution in [0.3, 0.4) is 0 Å². The molecule has 88 valence electrons. The third kappa shape index (κ3) is 2.19. The summed E-state index contributed by atoms with van der Waals surface area (Å²) in [5, 5.41) is 13.6. The first kappa shape index (κ1) is 11.2. The van der Waals surface area contributed by atoms with Crippen molar-refractivity contribution in [2.45, 2.75) is 0 Å². The fourth-order valence-electron chi connectivity index (χ4n) is 1.79. The van der Waals surface area contributed by atoms with Gasteiger partial charge in [0.05, 0.1) is 6.20 Å². The van der Waals surface area contributed by atoms with Crippen LogP contribution < -0.4 is 5.32 Å². The summed E-state index contributed by atoms with van der Waals surface area (Å²) in [7, 11) is 0. The number of hydrogen-bond donors (Lipinski definition) is 1. The lowest BCUT2D eigenvalue weighted by Gasteiger charge is -2.07. The van der Waals surface area contributed by atoms with E-state index in [9.17, 15) is 0 Å². The number of rotatable bonds is 2. The molecule has 2 aromatic carbocycles. The summed E-state index contributed by atoms with van der Waals surface area (Å²) >= 11 is 3.41. The molecule has 0 radical (unpaired) electrons. The second-order valence-electron chi connectivity index (χ2n) is 3.91. The van der Waals surface area contributed by atoms with Gasteiger partial charge in [-0.25, -0.2) is 0 Å². The van der Waals surface area contributed by atoms with E-state index in [4.69, 9.17) is 0 Å². The molecule has 1 heterocycles. The van der Waals surface area contributed by atoms with Crippen LogP contribution in [0, 0.1) is 0 Å². The summed E-state index contributed by atoms with van der Waals surface area (Å²) in [6, 6.07) is 16.0. The third-order valence-electron chi connectivity index (χ3n) is 2.68. The molecular weight excluding hydrogens is 290 g/mol. The molecule has 0 aliphatic rings. The second kappa shape index (κ2) is 4.74. The van der Waals surface area contributed by atoms with Crippen LogP contribution in [0.4, 0.5) is 11.5 Å². The summed E-state index contributed by atoms with van der Waals surface area (Å²) in [6.07, 6.45) is 1.77. The molecule has 1 N–H and O–H groups in total. The van der Waals surface area contributed by atoms with E-state index in [0.29, 0.717) is 0 Å². The molecule has 0 aliphatic heterocycles. The summed E-state index contributed by atoms with van der Waals surface area (Å²) < 4.78 is 1.05. The van der Waals surface area contributed by atoms with Crippen LogP contribution >= 0.6 is 15.9 Å². The SMILES string of the molecule is Brc1ccc(Nc2nncc3ccccc23)cc1. The zero-order chi connectivity index (χ0) is 12.4. The van der Waals surface area contributed by atoms with Gasteiger partial charge in [0.1, 0.15) is 0 Å². The van der Waals surface area contributed by atoms with Crippen LogP contribution in [0.2, 0.25) is 0 Å². The normalized spacial score (nSPS) is 10.5. The number of nitrogens with one attached hydrogen (secondary N) is 1. The monoisotopic (exact) mass is 299 g/mol. The number of halogens is 1. The highest BCUT2D eigenvalue weighted by Crippen LogP contribution is 2.23. The summed E-state index contributed by atoms with van der Waals surface area (Å²) in [6.45, 7) is 0. The van der Waals surface area contributed by atoms with Gasteiger partial charge < -0.3 is 5.32 Å². The van der Waals surface area contributed by atoms with Gasteiger partial charge in [0.15, 0.2) is 5.82 Å². The van der Waals surface area contributed by atoms with Crippen LogP contribution in [0.25, 0.3) is 10.8 Å². The standard InChI is InChI=1S/C14H10BrN3/c15-11-5-7-12(8-6-11)17-14-13-4-2-1-3-10(13)9-16-18-14/h1-9H,(H,17,18). The van der Waals surface area contributed by atoms with Crippen LogP contribution in [0.15, 0.2) is 59.2 Å². The first-order chi connectivity index (χ1) is 8.83. The minimum absolute atomic E-state index is 0.774. The number of nitrogens with zero attached hydrogens (tertiary/aromatic N) is 2. The second-order valence-corrected chi connectivity index (χ2v) is 4.83. The van der Waals surface area contributed by atoms with E-state index in [0.717, 1.165) is 26.8 Å². The van der Waals surface area contributed by atoms with E-state index >= 15 is 0 Å². The van der Waals surface area contributed by atoms with Crippen LogP contribution in [0.1, 0.15) is 0 Å². The fraction of sp³-hybridized carbons (Fsp3) is 0. The molecule has 0 unspecified atom stereocenters. The Bertz CT molecular complexity index is 675. The Morgan fingerprint density at radius 1 is 0.944 bits per heavy atom. The Kier molecular flexibility index (Phi) is 2.94. The van der Waals surface area contributed by atoms with Gasteiger partial charge in [-0.2, -0.15) is 5.10 Å². The summed E-state index contributed by atoms with van der Waals surface area (Å²) in [5.74, 6) is 0.774. The van der Waals surface area contributed by atoms with Crippen LogP contribution in [-0.4, -0.2) is 10.2 Å². The molecule has 0 spiro atoms. The third-order valence-corrected chi connectivity index (χ3v) is 3.21. The zero-order valence-electron chi connectivity index (χ0n) is 9.47. The lowest BCUT2D eigenvalue weighted by atomic mass is 10.2. The minimum Gasteiger partial charge on any atom is -0.338 e. The van der Waals surface area contributed by atoms with Crippen molar-refractivity contribution in [3.05, 3.63) is 59.2 Å². The maximum atomic E-state index is 4.15. The molecule has 3 rings (SSSR count). The van der Waals surface area contributed by atoms with E-state index < -0.39 is 0 Å². The number of fused-ring (bicyclic) bond motifs is 1. The van der Waals surface area contributed by atoms with Crippen molar-refractivity contribution < 1.29 is 0 Å². The Hall–Kier alpha value is -1.94. The molecule has 0 bridgehead atoms. The zero-order valence-corrected chi connectivity index (χ0v) is 11.1. The molecule has 0 fully saturated rings. The fourth-order valence-corrected chi connectivity index (χ4v) is 2.05. The van der Waals surface area contributed by atoms with E-state index in [2.05, 4.69) is 31.4 Å². The van der Waals surface area contributed by atoms with Crippen molar-refractivity contribution >= 4 is 38.2 Å². The van der Waals surface area contributed by atoms with Crippen LogP contribution in [0.5, 0.6) is 0 Å². The molecule has 4 heteroatoms. The van der Waals surface area contributed by atoms with E-state index in [1.165, 1.54) is 0 Å². The number of aromatic nitrogens is 2. The van der Waals surface area contributed by atoms with E-state index in [1.807, 2.05) is 48.5 Å². The Morgan fingerprint density at radius 3 is 2.56 bits per heavy atom. The highest BCUT2D eigenvalue weighted by molar-refractivity contribution is 9.10. The predicted molar refractivity (Wildman–Crippen MR) is 77.0 cm³/mol. The first-order valence-electron chi connectivity index (χ1n) is 5.56. The molecule has 3 nitrogen and oxygen atoms in total. The summed E-state index contributed by atoms with van der Waals surface area (Å²) in [4.78, 5) is 0. The molecule has 0 aliphatic carbocycles. The van der Waals surface area contributed by atoms with E-state index in [1.54, 1.807) is 6.20 Å². The largest absolute Gasteiger partial charge is 0.338 e. The highest BCUT2D eigenvalue weighted by Gasteiger charge is 2.02. The smallest absolute Gasteiger partial charge is 0.160 e. The van der Waals surface area contributed by atoms with Gasteiger partial charge in [-0.1, -0.05) is 40.2 Å². The van der Waals surface area contributed by atoms with Gasteiger partial charge in [-0.05, 0) is 24.3 Å². The Labute approximate surface area is 113 Å². The Morgan fingerprint density at radius 2 is 1.72 bits per heavy atom. The van der Waals surface area contributed by atoms with Gasteiger partial charge >= 0.3 is 0 Å². The predicted octanol–water partition coefficient (Wildman–Crippen LogP) is 4.14. The molecule has 3 aromatic rings. The highest BCUT2D eigenvalue weighted by atomic mass is 79.9. The Balaban J connectivity index is 2.02. The molecule has 0 atom stereocenters. The topological polar surface area (TPSA) is 37.8 Å². The molecular formula is C14H10BrN3. The lowest BCUT2D eigenvalue weighted by Crippen LogP contribution is -1.96.